The van der Waals surface area contributed by atoms with E-state index in [-0.39, 0.29) is 0 Å². The maximum Gasteiger partial charge on any atom is 0.129 e. The Labute approximate surface area is 142 Å². The predicted molar refractivity (Wildman–Crippen MR) is 105 cm³/mol. The molecule has 0 spiro atoms. The Balaban J connectivity index is 2.26. The Bertz CT molecular complexity index is 660. The molecule has 0 unspecified atom stereocenters. The van der Waals surface area contributed by atoms with Gasteiger partial charge in [0, 0.05) is 0 Å². The number of hydrogen-bond acceptors (Lipinski definition) is 0. The average molecular weight is 321 g/mol. The molecule has 120 valence electrons. The molecule has 1 heteroatoms. The van der Waals surface area contributed by atoms with Crippen LogP contribution in [0.25, 0.3) is 10.4 Å². The van der Waals surface area contributed by atoms with Gasteiger partial charge < -0.3 is 0 Å². The summed E-state index contributed by atoms with van der Waals surface area (Å²) in [5.74, 6) is 0. The molecule has 0 nitrogen and oxygen atoms in total. The summed E-state index contributed by atoms with van der Waals surface area (Å²) in [5, 5.41) is 3.96. The lowest BCUT2D eigenvalue weighted by molar-refractivity contribution is 0.646. The Hall–Kier alpha value is -1.60. The van der Waals surface area contributed by atoms with Crippen LogP contribution >= 0.6 is 0 Å². The van der Waals surface area contributed by atoms with Crippen LogP contribution in [0, 0.1) is 0 Å². The molecular formula is C22H28Si. The number of rotatable bonds is 2. The van der Waals surface area contributed by atoms with Crippen LogP contribution in [-0.4, -0.2) is 8.07 Å². The third kappa shape index (κ3) is 2.33. The summed E-state index contributed by atoms with van der Waals surface area (Å²) >= 11 is 0. The smallest absolute Gasteiger partial charge is 0.0622 e. The van der Waals surface area contributed by atoms with Crippen molar-refractivity contribution in [3.63, 3.8) is 0 Å². The molecule has 23 heavy (non-hydrogen) atoms. The zero-order chi connectivity index (χ0) is 16.9. The first-order valence-electron chi connectivity index (χ1n) is 8.57. The van der Waals surface area contributed by atoms with Crippen LogP contribution in [0.3, 0.4) is 0 Å². The Morgan fingerprint density at radius 3 is 1.09 bits per heavy atom. The van der Waals surface area contributed by atoms with E-state index in [4.69, 9.17) is 0 Å². The average Bonchev–Trinajstić information content (AvgIpc) is 3.20. The van der Waals surface area contributed by atoms with Crippen LogP contribution < -0.4 is 0 Å². The highest BCUT2D eigenvalue weighted by Crippen LogP contribution is 2.73. The van der Waals surface area contributed by atoms with Gasteiger partial charge in [0.2, 0.25) is 0 Å². The highest BCUT2D eigenvalue weighted by atomic mass is 28.3. The summed E-state index contributed by atoms with van der Waals surface area (Å²) in [5.41, 5.74) is 2.87. The standard InChI is InChI=1S/C22H28Si/c1-21(2,3)23(22(4,5)6)19(17-13-9-7-10-14-17)20(23)18-15-11-8-12-16-18/h7-16H,1-6H3. The number of hydrogen-bond donors (Lipinski definition) is 0. The van der Waals surface area contributed by atoms with Gasteiger partial charge in [0.25, 0.3) is 0 Å². The normalized spacial score (nSPS) is 17.3. The van der Waals surface area contributed by atoms with Crippen molar-refractivity contribution in [3.05, 3.63) is 71.8 Å². The monoisotopic (exact) mass is 320 g/mol. The van der Waals surface area contributed by atoms with E-state index in [1.54, 1.807) is 10.4 Å². The van der Waals surface area contributed by atoms with Gasteiger partial charge in [0.1, 0.15) is 8.07 Å². The van der Waals surface area contributed by atoms with Crippen molar-refractivity contribution in [2.45, 2.75) is 51.6 Å². The molecule has 0 radical (unpaired) electrons. The van der Waals surface area contributed by atoms with Gasteiger partial charge >= 0.3 is 0 Å². The highest BCUT2D eigenvalue weighted by Gasteiger charge is 2.68. The molecule has 0 atom stereocenters. The third-order valence-corrected chi connectivity index (χ3v) is 12.1. The van der Waals surface area contributed by atoms with Crippen molar-refractivity contribution >= 4 is 18.5 Å². The van der Waals surface area contributed by atoms with Crippen molar-refractivity contribution in [1.82, 2.24) is 0 Å². The molecule has 0 saturated carbocycles. The quantitative estimate of drug-likeness (QED) is 0.538. The Morgan fingerprint density at radius 2 is 0.826 bits per heavy atom. The topological polar surface area (TPSA) is 0 Å². The fourth-order valence-electron chi connectivity index (χ4n) is 4.84. The minimum atomic E-state index is -1.76. The third-order valence-electron chi connectivity index (χ3n) is 5.31. The lowest BCUT2D eigenvalue weighted by Gasteiger charge is -2.43. The maximum absolute atomic E-state index is 2.45. The first-order chi connectivity index (χ1) is 10.7. The first kappa shape index (κ1) is 16.3. The molecule has 0 aromatic heterocycles. The summed E-state index contributed by atoms with van der Waals surface area (Å²) in [6.07, 6.45) is 0. The van der Waals surface area contributed by atoms with Crippen molar-refractivity contribution in [2.75, 3.05) is 0 Å². The van der Waals surface area contributed by atoms with Gasteiger partial charge in [0.15, 0.2) is 0 Å². The van der Waals surface area contributed by atoms with E-state index in [9.17, 15) is 0 Å². The molecule has 2 aromatic rings. The number of benzene rings is 2. The molecule has 1 aliphatic heterocycles. The van der Waals surface area contributed by atoms with Crippen LogP contribution in [0.1, 0.15) is 52.7 Å². The molecular weight excluding hydrogens is 292 g/mol. The summed E-state index contributed by atoms with van der Waals surface area (Å²) in [4.78, 5) is 0. The van der Waals surface area contributed by atoms with Gasteiger partial charge in [-0.3, -0.25) is 0 Å². The zero-order valence-electron chi connectivity index (χ0n) is 15.3. The largest absolute Gasteiger partial charge is 0.129 e. The van der Waals surface area contributed by atoms with Gasteiger partial charge in [-0.25, -0.2) is 0 Å². The second-order valence-electron chi connectivity index (χ2n) is 8.73. The molecule has 0 fully saturated rings. The van der Waals surface area contributed by atoms with E-state index in [0.29, 0.717) is 10.1 Å². The second kappa shape index (κ2) is 5.21. The Morgan fingerprint density at radius 1 is 0.522 bits per heavy atom. The molecule has 0 amide bonds. The fraction of sp³-hybridized carbons (Fsp3) is 0.364. The van der Waals surface area contributed by atoms with Crippen LogP contribution in [0.4, 0.5) is 0 Å². The summed E-state index contributed by atoms with van der Waals surface area (Å²) < 4.78 is 0. The molecule has 2 aromatic carbocycles. The van der Waals surface area contributed by atoms with E-state index in [2.05, 4.69) is 102 Å². The van der Waals surface area contributed by atoms with Gasteiger partial charge in [0.05, 0.1) is 0 Å². The Kier molecular flexibility index (Phi) is 3.68. The fourth-order valence-corrected chi connectivity index (χ4v) is 12.5. The van der Waals surface area contributed by atoms with E-state index in [1.807, 2.05) is 0 Å². The molecule has 1 heterocycles. The summed E-state index contributed by atoms with van der Waals surface area (Å²) in [6.45, 7) is 14.7. The lowest BCUT2D eigenvalue weighted by Crippen LogP contribution is -2.43. The molecule has 0 bridgehead atoms. The predicted octanol–water partition coefficient (Wildman–Crippen LogP) is 6.74. The van der Waals surface area contributed by atoms with Crippen LogP contribution in [-0.2, 0) is 0 Å². The summed E-state index contributed by atoms with van der Waals surface area (Å²) in [7, 11) is -1.76. The van der Waals surface area contributed by atoms with E-state index < -0.39 is 8.07 Å². The highest BCUT2D eigenvalue weighted by molar-refractivity contribution is 7.28. The SMILES string of the molecule is CC(C)(C)[Si]1(C(C)(C)C)C(c2ccccc2)=C1c1ccccc1. The van der Waals surface area contributed by atoms with Gasteiger partial charge in [-0.2, -0.15) is 0 Å². The zero-order valence-corrected chi connectivity index (χ0v) is 16.3. The minimum Gasteiger partial charge on any atom is -0.0622 e. The van der Waals surface area contributed by atoms with E-state index in [1.165, 1.54) is 11.1 Å². The van der Waals surface area contributed by atoms with Crippen LogP contribution in [0.2, 0.25) is 10.1 Å². The van der Waals surface area contributed by atoms with Crippen molar-refractivity contribution in [2.24, 2.45) is 0 Å². The van der Waals surface area contributed by atoms with Crippen molar-refractivity contribution in [1.29, 1.82) is 0 Å². The molecule has 0 aliphatic carbocycles. The second-order valence-corrected chi connectivity index (χ2v) is 14.2. The van der Waals surface area contributed by atoms with E-state index in [0.717, 1.165) is 0 Å². The van der Waals surface area contributed by atoms with Crippen molar-refractivity contribution < 1.29 is 0 Å². The maximum atomic E-state index is 2.45. The lowest BCUT2D eigenvalue weighted by atomic mass is 10.1. The van der Waals surface area contributed by atoms with Crippen LogP contribution in [0.15, 0.2) is 60.7 Å². The molecule has 1 aliphatic rings. The van der Waals surface area contributed by atoms with E-state index >= 15 is 0 Å². The summed E-state index contributed by atoms with van der Waals surface area (Å²) in [6, 6.07) is 22.1. The van der Waals surface area contributed by atoms with Crippen molar-refractivity contribution in [3.8, 4) is 0 Å². The van der Waals surface area contributed by atoms with Crippen LogP contribution in [0.5, 0.6) is 0 Å². The van der Waals surface area contributed by atoms with Gasteiger partial charge in [-0.05, 0) is 31.6 Å². The van der Waals surface area contributed by atoms with Gasteiger partial charge in [-0.1, -0.05) is 102 Å². The molecule has 0 N–H and O–H groups in total. The molecule has 3 rings (SSSR count). The first-order valence-corrected chi connectivity index (χ1v) is 10.6. The molecule has 0 saturated heterocycles. The van der Waals surface area contributed by atoms with Gasteiger partial charge in [-0.15, -0.1) is 0 Å². The minimum absolute atomic E-state index is 0.307.